The SMILES string of the molecule is C[Si](C)(C)CCO[C@@H]1O[C@@H]2COC(c3ccccc3)O[C@H]2[C@H](O[C@H]2O[C@H](COCc3ccccc3)[C@H](OCc3ccccc3)[C@H](OCc3ccccc3)[C@H]2OCc2ccccc2)[C@H]1N1C(=O)c2ccccc2C1=O. The van der Waals surface area contributed by atoms with E-state index in [1.165, 1.54) is 4.90 Å². The lowest BCUT2D eigenvalue weighted by Gasteiger charge is -2.53. The first-order chi connectivity index (χ1) is 36.2. The van der Waals surface area contributed by atoms with Gasteiger partial charge in [0.15, 0.2) is 18.9 Å². The van der Waals surface area contributed by atoms with Gasteiger partial charge in [0.2, 0.25) is 0 Å². The molecule has 74 heavy (non-hydrogen) atoms. The lowest BCUT2D eigenvalue weighted by atomic mass is 9.93. The average Bonchev–Trinajstić information content (AvgIpc) is 3.69. The minimum atomic E-state index is -1.65. The molecule has 1 unspecified atom stereocenters. The quantitative estimate of drug-likeness (QED) is 0.0503. The summed E-state index contributed by atoms with van der Waals surface area (Å²) in [6.45, 7) is 8.18. The molecule has 13 nitrogen and oxygen atoms in total. The first-order valence-corrected chi connectivity index (χ1v) is 29.3. The normalized spacial score (nSPS) is 26.9. The molecule has 3 saturated heterocycles. The molecule has 0 radical (unpaired) electrons. The van der Waals surface area contributed by atoms with E-state index in [-0.39, 0.29) is 44.2 Å². The van der Waals surface area contributed by atoms with E-state index < -0.39 is 87.5 Å². The molecular weight excluding hydrogens is 955 g/mol. The molecule has 0 bridgehead atoms. The van der Waals surface area contributed by atoms with Crippen LogP contribution in [-0.2, 0) is 73.8 Å². The van der Waals surface area contributed by atoms with Crippen molar-refractivity contribution in [3.63, 3.8) is 0 Å². The van der Waals surface area contributed by atoms with Crippen LogP contribution in [-0.4, -0.2) is 106 Å². The van der Waals surface area contributed by atoms with Gasteiger partial charge in [0.1, 0.15) is 48.8 Å². The monoisotopic (exact) mass is 1020 g/mol. The van der Waals surface area contributed by atoms with Crippen molar-refractivity contribution in [1.29, 1.82) is 0 Å². The highest BCUT2D eigenvalue weighted by molar-refractivity contribution is 6.76. The number of hydrogen-bond donors (Lipinski definition) is 0. The molecule has 14 heteroatoms. The molecule has 0 saturated carbocycles. The molecule has 0 N–H and O–H groups in total. The van der Waals surface area contributed by atoms with Gasteiger partial charge < -0.3 is 47.4 Å². The van der Waals surface area contributed by atoms with E-state index in [0.717, 1.165) is 33.9 Å². The Bertz CT molecular complexity index is 2680. The van der Waals surface area contributed by atoms with Crippen LogP contribution in [0.25, 0.3) is 0 Å². The molecule has 386 valence electrons. The number of fused-ring (bicyclic) bond motifs is 2. The van der Waals surface area contributed by atoms with Gasteiger partial charge in [-0.1, -0.05) is 183 Å². The number of benzene rings is 6. The van der Waals surface area contributed by atoms with Crippen LogP contribution in [0.4, 0.5) is 0 Å². The fourth-order valence-electron chi connectivity index (χ4n) is 9.88. The van der Waals surface area contributed by atoms with Crippen LogP contribution in [0.3, 0.4) is 0 Å². The standard InChI is InChI=1S/C60H65NO12Si/c1-74(2,3)34-33-65-59-50(61-56(62)46-31-19-20-32-47(46)57(61)63)53(52-49(70-59)40-69-58(72-52)45-29-17-8-18-30-45)73-60-55(68-38-44-27-15-7-16-28-44)54(67-37-43-25-13-6-14-26-43)51(66-36-42-23-11-5-12-24-42)48(71-60)39-64-35-41-21-9-4-10-22-41/h4-32,48-55,58-60H,33-40H2,1-3H3/t48-,49-,50-,51+,52-,53-,54+,55-,58?,59-,60-/m1/s1. The second-order valence-electron chi connectivity index (χ2n) is 20.3. The number of hydrogen-bond acceptors (Lipinski definition) is 12. The van der Waals surface area contributed by atoms with E-state index in [1.807, 2.05) is 152 Å². The smallest absolute Gasteiger partial charge is 0.262 e. The number of nitrogens with zero attached hydrogens (tertiary/aromatic N) is 1. The predicted octanol–water partition coefficient (Wildman–Crippen LogP) is 9.93. The van der Waals surface area contributed by atoms with Crippen LogP contribution in [0.1, 0.15) is 54.8 Å². The van der Waals surface area contributed by atoms with Gasteiger partial charge in [0, 0.05) is 20.2 Å². The zero-order chi connectivity index (χ0) is 50.9. The molecule has 2 amide bonds. The molecule has 11 atom stereocenters. The number of imide groups is 1. The van der Waals surface area contributed by atoms with Gasteiger partial charge in [-0.15, -0.1) is 0 Å². The Balaban J connectivity index is 1.08. The number of ether oxygens (including phenoxy) is 10. The van der Waals surface area contributed by atoms with E-state index in [2.05, 4.69) is 19.6 Å². The van der Waals surface area contributed by atoms with Crippen LogP contribution in [0.2, 0.25) is 25.7 Å². The second kappa shape index (κ2) is 24.3. The maximum Gasteiger partial charge on any atom is 0.262 e. The van der Waals surface area contributed by atoms with Gasteiger partial charge in [0.05, 0.1) is 50.8 Å². The van der Waals surface area contributed by atoms with Crippen molar-refractivity contribution in [3.05, 3.63) is 215 Å². The van der Waals surface area contributed by atoms with Crippen molar-refractivity contribution in [2.75, 3.05) is 19.8 Å². The predicted molar refractivity (Wildman–Crippen MR) is 278 cm³/mol. The van der Waals surface area contributed by atoms with Crippen molar-refractivity contribution in [1.82, 2.24) is 4.90 Å². The van der Waals surface area contributed by atoms with Crippen molar-refractivity contribution in [2.45, 2.75) is 120 Å². The molecule has 4 heterocycles. The molecule has 6 aromatic carbocycles. The lowest BCUT2D eigenvalue weighted by molar-refractivity contribution is -0.388. The van der Waals surface area contributed by atoms with Gasteiger partial charge in [0.25, 0.3) is 11.8 Å². The van der Waals surface area contributed by atoms with E-state index in [1.54, 1.807) is 24.3 Å². The summed E-state index contributed by atoms with van der Waals surface area (Å²) >= 11 is 0. The Hall–Kier alpha value is -5.72. The van der Waals surface area contributed by atoms with E-state index in [9.17, 15) is 9.59 Å². The van der Waals surface area contributed by atoms with Crippen molar-refractivity contribution in [3.8, 4) is 0 Å². The summed E-state index contributed by atoms with van der Waals surface area (Å²) in [6, 6.07) is 55.7. The Kier molecular flexibility index (Phi) is 17.0. The van der Waals surface area contributed by atoms with E-state index in [4.69, 9.17) is 47.4 Å². The van der Waals surface area contributed by atoms with Crippen LogP contribution >= 0.6 is 0 Å². The third kappa shape index (κ3) is 12.5. The summed E-state index contributed by atoms with van der Waals surface area (Å²) in [4.78, 5) is 30.9. The summed E-state index contributed by atoms with van der Waals surface area (Å²) in [5.41, 5.74) is 5.12. The highest BCUT2D eigenvalue weighted by Crippen LogP contribution is 2.42. The Labute approximate surface area is 434 Å². The zero-order valence-electron chi connectivity index (χ0n) is 42.1. The second-order valence-corrected chi connectivity index (χ2v) is 26.0. The van der Waals surface area contributed by atoms with Gasteiger partial charge in [-0.05, 0) is 40.4 Å². The van der Waals surface area contributed by atoms with Crippen LogP contribution < -0.4 is 0 Å². The molecule has 3 fully saturated rings. The van der Waals surface area contributed by atoms with E-state index in [0.29, 0.717) is 13.2 Å². The maximum absolute atomic E-state index is 14.9. The lowest BCUT2D eigenvalue weighted by Crippen LogP contribution is -2.70. The highest BCUT2D eigenvalue weighted by atomic mass is 28.3. The molecule has 0 spiro atoms. The molecule has 0 aliphatic carbocycles. The topological polar surface area (TPSA) is 130 Å². The summed E-state index contributed by atoms with van der Waals surface area (Å²) in [7, 11) is -1.65. The van der Waals surface area contributed by atoms with Crippen molar-refractivity contribution < 1.29 is 57.0 Å². The fraction of sp³-hybridized carbons (Fsp3) is 0.367. The van der Waals surface area contributed by atoms with Crippen molar-refractivity contribution >= 4 is 19.9 Å². The van der Waals surface area contributed by atoms with Gasteiger partial charge >= 0.3 is 0 Å². The van der Waals surface area contributed by atoms with Crippen LogP contribution in [0.15, 0.2) is 176 Å². The largest absolute Gasteiger partial charge is 0.374 e. The number of carbonyl (C=O) groups excluding carboxylic acids is 2. The minimum Gasteiger partial charge on any atom is -0.374 e. The first kappa shape index (κ1) is 51.7. The van der Waals surface area contributed by atoms with Crippen LogP contribution in [0, 0.1) is 0 Å². The first-order valence-electron chi connectivity index (χ1n) is 25.6. The molecule has 0 aromatic heterocycles. The maximum atomic E-state index is 14.9. The molecule has 10 rings (SSSR count). The zero-order valence-corrected chi connectivity index (χ0v) is 43.1. The molecule has 6 aromatic rings. The fourth-order valence-corrected chi connectivity index (χ4v) is 10.6. The Morgan fingerprint density at radius 1 is 0.514 bits per heavy atom. The summed E-state index contributed by atoms with van der Waals surface area (Å²) in [6.07, 6.45) is -9.43. The summed E-state index contributed by atoms with van der Waals surface area (Å²) in [5, 5.41) is 0. The van der Waals surface area contributed by atoms with Gasteiger partial charge in [-0.2, -0.15) is 0 Å². The van der Waals surface area contributed by atoms with E-state index >= 15 is 0 Å². The summed E-state index contributed by atoms with van der Waals surface area (Å²) < 4.78 is 69.5. The number of carbonyl (C=O) groups is 2. The molecule has 4 aliphatic heterocycles. The average molecular weight is 1020 g/mol. The Morgan fingerprint density at radius 2 is 1.00 bits per heavy atom. The van der Waals surface area contributed by atoms with Crippen LogP contribution in [0.5, 0.6) is 0 Å². The third-order valence-corrected chi connectivity index (χ3v) is 15.5. The molecular formula is C60H65NO12Si. The molecule has 4 aliphatic rings. The number of amides is 2. The minimum absolute atomic E-state index is 0.0787. The van der Waals surface area contributed by atoms with Gasteiger partial charge in [-0.3, -0.25) is 14.5 Å². The number of rotatable bonds is 21. The van der Waals surface area contributed by atoms with Crippen molar-refractivity contribution in [2.24, 2.45) is 0 Å². The summed E-state index contributed by atoms with van der Waals surface area (Å²) in [5.74, 6) is -0.993. The third-order valence-electron chi connectivity index (χ3n) is 13.8. The highest BCUT2D eigenvalue weighted by Gasteiger charge is 2.59. The Morgan fingerprint density at radius 3 is 1.54 bits per heavy atom. The van der Waals surface area contributed by atoms with Gasteiger partial charge in [-0.25, -0.2) is 0 Å².